The average molecular weight is 422 g/mol. The summed E-state index contributed by atoms with van der Waals surface area (Å²) in [6.07, 6.45) is -3.54. The molecule has 3 rings (SSSR count). The SMILES string of the molecule is CC(C)(O)C(NC(=O)c1cc(F)cc2cccnc12)c1ccccc1OC(F)(F)F. The van der Waals surface area contributed by atoms with Crippen molar-refractivity contribution in [2.75, 3.05) is 0 Å². The molecule has 0 saturated heterocycles. The number of fused-ring (bicyclic) bond motifs is 1. The topological polar surface area (TPSA) is 71.5 Å². The molecule has 1 unspecified atom stereocenters. The monoisotopic (exact) mass is 422 g/mol. The minimum absolute atomic E-state index is 0.0932. The van der Waals surface area contributed by atoms with Crippen LogP contribution in [-0.4, -0.2) is 28.0 Å². The number of hydrogen-bond acceptors (Lipinski definition) is 4. The summed E-state index contributed by atoms with van der Waals surface area (Å²) in [5, 5.41) is 13.4. The first-order chi connectivity index (χ1) is 14.0. The number of carbonyl (C=O) groups is 1. The maximum Gasteiger partial charge on any atom is 0.573 e. The molecule has 0 radical (unpaired) electrons. The predicted molar refractivity (Wildman–Crippen MR) is 101 cm³/mol. The lowest BCUT2D eigenvalue weighted by Crippen LogP contribution is -2.42. The molecule has 30 heavy (non-hydrogen) atoms. The van der Waals surface area contributed by atoms with E-state index in [9.17, 15) is 27.5 Å². The summed E-state index contributed by atoms with van der Waals surface area (Å²) in [5.41, 5.74) is -1.68. The maximum atomic E-state index is 14.0. The van der Waals surface area contributed by atoms with E-state index >= 15 is 0 Å². The van der Waals surface area contributed by atoms with Crippen LogP contribution < -0.4 is 10.1 Å². The highest BCUT2D eigenvalue weighted by molar-refractivity contribution is 6.05. The van der Waals surface area contributed by atoms with E-state index in [0.717, 1.165) is 12.1 Å². The number of para-hydroxylation sites is 1. The Balaban J connectivity index is 2.04. The molecule has 1 aromatic heterocycles. The highest BCUT2D eigenvalue weighted by Gasteiger charge is 2.37. The van der Waals surface area contributed by atoms with Crippen LogP contribution in [0, 0.1) is 5.82 Å². The Morgan fingerprint density at radius 2 is 1.83 bits per heavy atom. The minimum atomic E-state index is -4.97. The zero-order valence-electron chi connectivity index (χ0n) is 16.0. The Kier molecular flexibility index (Phi) is 5.67. The summed E-state index contributed by atoms with van der Waals surface area (Å²) in [5.74, 6) is -2.06. The highest BCUT2D eigenvalue weighted by Crippen LogP contribution is 2.35. The molecule has 0 aliphatic carbocycles. The zero-order chi connectivity index (χ0) is 22.1. The van der Waals surface area contributed by atoms with Crippen LogP contribution in [0.1, 0.15) is 35.8 Å². The third-order valence-electron chi connectivity index (χ3n) is 4.35. The van der Waals surface area contributed by atoms with Crippen LogP contribution in [0.5, 0.6) is 5.75 Å². The van der Waals surface area contributed by atoms with E-state index in [2.05, 4.69) is 15.0 Å². The largest absolute Gasteiger partial charge is 0.573 e. The van der Waals surface area contributed by atoms with Crippen molar-refractivity contribution in [3.05, 3.63) is 71.7 Å². The van der Waals surface area contributed by atoms with Gasteiger partial charge in [0.25, 0.3) is 5.91 Å². The molecule has 0 fully saturated rings. The molecule has 3 aromatic rings. The Hall–Kier alpha value is -3.20. The number of halogens is 4. The number of rotatable bonds is 5. The summed E-state index contributed by atoms with van der Waals surface area (Å²) in [6.45, 7) is 2.65. The minimum Gasteiger partial charge on any atom is -0.405 e. The summed E-state index contributed by atoms with van der Waals surface area (Å²) in [7, 11) is 0. The van der Waals surface area contributed by atoms with Gasteiger partial charge in [-0.05, 0) is 38.1 Å². The fourth-order valence-electron chi connectivity index (χ4n) is 3.11. The smallest absolute Gasteiger partial charge is 0.405 e. The van der Waals surface area contributed by atoms with Gasteiger partial charge in [0.05, 0.1) is 22.7 Å². The third kappa shape index (κ3) is 4.85. The Labute approximate surface area is 169 Å². The summed E-state index contributed by atoms with van der Waals surface area (Å²) in [6, 6.07) is 9.18. The second-order valence-electron chi connectivity index (χ2n) is 7.17. The van der Waals surface area contributed by atoms with E-state index in [1.54, 1.807) is 12.1 Å². The first-order valence-electron chi connectivity index (χ1n) is 8.88. The molecule has 2 aromatic carbocycles. The number of aliphatic hydroxyl groups is 1. The average Bonchev–Trinajstić information content (AvgIpc) is 2.63. The molecular weight excluding hydrogens is 404 g/mol. The van der Waals surface area contributed by atoms with Crippen molar-refractivity contribution < 1.29 is 32.2 Å². The first kappa shape index (κ1) is 21.5. The van der Waals surface area contributed by atoms with Crippen molar-refractivity contribution in [1.82, 2.24) is 10.3 Å². The molecule has 0 aliphatic rings. The van der Waals surface area contributed by atoms with Crippen LogP contribution in [0.3, 0.4) is 0 Å². The second-order valence-corrected chi connectivity index (χ2v) is 7.17. The van der Waals surface area contributed by atoms with Crippen LogP contribution in [0.15, 0.2) is 54.7 Å². The summed E-state index contributed by atoms with van der Waals surface area (Å²) in [4.78, 5) is 17.0. The molecular formula is C21H18F4N2O3. The van der Waals surface area contributed by atoms with E-state index in [1.165, 1.54) is 44.3 Å². The van der Waals surface area contributed by atoms with Crippen LogP contribution in [0.2, 0.25) is 0 Å². The molecule has 158 valence electrons. The number of carbonyl (C=O) groups excluding carboxylic acids is 1. The fourth-order valence-corrected chi connectivity index (χ4v) is 3.11. The quantitative estimate of drug-likeness (QED) is 0.594. The molecule has 0 saturated carbocycles. The normalized spacial score (nSPS) is 13.2. The molecule has 9 heteroatoms. The van der Waals surface area contributed by atoms with Gasteiger partial charge < -0.3 is 15.2 Å². The lowest BCUT2D eigenvalue weighted by atomic mass is 9.90. The molecule has 0 spiro atoms. The van der Waals surface area contributed by atoms with Gasteiger partial charge in [0.1, 0.15) is 11.6 Å². The van der Waals surface area contributed by atoms with Crippen molar-refractivity contribution in [3.8, 4) is 5.75 Å². The van der Waals surface area contributed by atoms with E-state index in [1.807, 2.05) is 0 Å². The number of ether oxygens (including phenoxy) is 1. The lowest BCUT2D eigenvalue weighted by molar-refractivity contribution is -0.275. The van der Waals surface area contributed by atoms with E-state index in [-0.39, 0.29) is 16.6 Å². The molecule has 0 aliphatic heterocycles. The number of alkyl halides is 3. The van der Waals surface area contributed by atoms with Gasteiger partial charge in [-0.1, -0.05) is 24.3 Å². The third-order valence-corrected chi connectivity index (χ3v) is 4.35. The fraction of sp³-hybridized carbons (Fsp3) is 0.238. The van der Waals surface area contributed by atoms with Gasteiger partial charge in [0.2, 0.25) is 0 Å². The first-order valence-corrected chi connectivity index (χ1v) is 8.88. The number of hydrogen-bond donors (Lipinski definition) is 2. The van der Waals surface area contributed by atoms with Gasteiger partial charge in [0, 0.05) is 17.1 Å². The van der Waals surface area contributed by atoms with Crippen LogP contribution in [-0.2, 0) is 0 Å². The maximum absolute atomic E-state index is 14.0. The number of amides is 1. The number of benzene rings is 2. The second kappa shape index (κ2) is 7.91. The summed E-state index contributed by atoms with van der Waals surface area (Å²) >= 11 is 0. The lowest BCUT2D eigenvalue weighted by Gasteiger charge is -2.32. The Bertz CT molecular complexity index is 1080. The van der Waals surface area contributed by atoms with Crippen molar-refractivity contribution in [1.29, 1.82) is 0 Å². The van der Waals surface area contributed by atoms with Crippen LogP contribution >= 0.6 is 0 Å². The molecule has 1 atom stereocenters. The number of pyridine rings is 1. The molecule has 5 nitrogen and oxygen atoms in total. The number of nitrogens with one attached hydrogen (secondary N) is 1. The summed E-state index contributed by atoms with van der Waals surface area (Å²) < 4.78 is 56.5. The standard InChI is InChI=1S/C21H18F4N2O3/c1-20(2,29)18(14-7-3-4-8-16(14)30-21(23,24)25)27-19(28)15-11-13(22)10-12-6-5-9-26-17(12)15/h3-11,18,29H,1-2H3,(H,27,28). The highest BCUT2D eigenvalue weighted by atomic mass is 19.4. The van der Waals surface area contributed by atoms with Gasteiger partial charge in [-0.2, -0.15) is 0 Å². The number of nitrogens with zero attached hydrogens (tertiary/aromatic N) is 1. The van der Waals surface area contributed by atoms with E-state index in [4.69, 9.17) is 0 Å². The van der Waals surface area contributed by atoms with Crippen LogP contribution in [0.4, 0.5) is 17.6 Å². The predicted octanol–water partition coefficient (Wildman–Crippen LogP) is 4.51. The van der Waals surface area contributed by atoms with Gasteiger partial charge in [-0.3, -0.25) is 9.78 Å². The van der Waals surface area contributed by atoms with Gasteiger partial charge in [-0.15, -0.1) is 13.2 Å². The van der Waals surface area contributed by atoms with Gasteiger partial charge in [-0.25, -0.2) is 4.39 Å². The zero-order valence-corrected chi connectivity index (χ0v) is 16.0. The van der Waals surface area contributed by atoms with E-state index in [0.29, 0.717) is 5.39 Å². The molecule has 2 N–H and O–H groups in total. The molecule has 1 amide bonds. The molecule has 0 bridgehead atoms. The Morgan fingerprint density at radius 3 is 2.50 bits per heavy atom. The van der Waals surface area contributed by atoms with Crippen LogP contribution in [0.25, 0.3) is 10.9 Å². The van der Waals surface area contributed by atoms with Crippen molar-refractivity contribution in [2.45, 2.75) is 31.9 Å². The van der Waals surface area contributed by atoms with Crippen molar-refractivity contribution in [3.63, 3.8) is 0 Å². The van der Waals surface area contributed by atoms with E-state index < -0.39 is 35.5 Å². The number of aromatic nitrogens is 1. The van der Waals surface area contributed by atoms with Gasteiger partial charge >= 0.3 is 6.36 Å². The van der Waals surface area contributed by atoms with Crippen molar-refractivity contribution >= 4 is 16.8 Å². The van der Waals surface area contributed by atoms with Gasteiger partial charge in [0.15, 0.2) is 0 Å². The van der Waals surface area contributed by atoms with Crippen molar-refractivity contribution in [2.24, 2.45) is 0 Å². The Morgan fingerprint density at radius 1 is 1.13 bits per heavy atom. The molecule has 1 heterocycles.